The van der Waals surface area contributed by atoms with E-state index in [1.54, 1.807) is 36.5 Å². The minimum Gasteiger partial charge on any atom is -0.493 e. The quantitative estimate of drug-likeness (QED) is 0.264. The van der Waals surface area contributed by atoms with Crippen molar-refractivity contribution in [2.24, 2.45) is 4.99 Å². The summed E-state index contributed by atoms with van der Waals surface area (Å²) in [5.74, 6) is -0.308. The average molecular weight is 452 g/mol. The van der Waals surface area contributed by atoms with Crippen LogP contribution in [0.2, 0.25) is 0 Å². The fourth-order valence-corrected chi connectivity index (χ4v) is 3.44. The van der Waals surface area contributed by atoms with Crippen molar-refractivity contribution in [1.82, 2.24) is 0 Å². The Kier molecular flexibility index (Phi) is 7.45. The Balaban J connectivity index is 1.66. The van der Waals surface area contributed by atoms with E-state index >= 15 is 0 Å². The van der Waals surface area contributed by atoms with Crippen LogP contribution in [0.4, 0.5) is 11.4 Å². The van der Waals surface area contributed by atoms with Gasteiger partial charge < -0.3 is 14.6 Å². The number of nitrogens with zero attached hydrogens (tertiary/aromatic N) is 2. The van der Waals surface area contributed by atoms with Gasteiger partial charge in [-0.2, -0.15) is 0 Å². The van der Waals surface area contributed by atoms with Gasteiger partial charge in [-0.3, -0.25) is 15.1 Å². The van der Waals surface area contributed by atoms with Crippen molar-refractivity contribution in [1.29, 1.82) is 0 Å². The van der Waals surface area contributed by atoms with E-state index < -0.39 is 17.0 Å². The van der Waals surface area contributed by atoms with Crippen molar-refractivity contribution in [3.8, 4) is 11.5 Å². The van der Waals surface area contributed by atoms with Gasteiger partial charge >= 0.3 is 5.97 Å². The first-order valence-electron chi connectivity index (χ1n) is 9.49. The van der Waals surface area contributed by atoms with E-state index in [0.717, 1.165) is 21.0 Å². The lowest BCUT2D eigenvalue weighted by molar-refractivity contribution is -0.384. The molecule has 0 aromatic heterocycles. The minimum absolute atomic E-state index is 0.0617. The van der Waals surface area contributed by atoms with Crippen molar-refractivity contribution in [2.45, 2.75) is 22.8 Å². The second-order valence-corrected chi connectivity index (χ2v) is 7.76. The van der Waals surface area contributed by atoms with E-state index in [1.807, 2.05) is 24.3 Å². The highest BCUT2D eigenvalue weighted by Crippen LogP contribution is 2.31. The lowest BCUT2D eigenvalue weighted by atomic mass is 10.2. The van der Waals surface area contributed by atoms with Crippen LogP contribution in [0.1, 0.15) is 12.5 Å². The Hall–Kier alpha value is -3.85. The zero-order valence-electron chi connectivity index (χ0n) is 17.3. The number of aliphatic carboxylic acids is 1. The van der Waals surface area contributed by atoms with Gasteiger partial charge in [-0.25, -0.2) is 4.79 Å². The number of hydrogen-bond acceptors (Lipinski definition) is 7. The van der Waals surface area contributed by atoms with Crippen molar-refractivity contribution in [3.63, 3.8) is 0 Å². The summed E-state index contributed by atoms with van der Waals surface area (Å²) in [6.45, 7) is 1.45. The number of hydrogen-bond donors (Lipinski definition) is 1. The number of aliphatic imine (C=N–C) groups is 1. The van der Waals surface area contributed by atoms with Gasteiger partial charge in [0.25, 0.3) is 5.69 Å². The number of benzene rings is 3. The highest BCUT2D eigenvalue weighted by atomic mass is 32.2. The van der Waals surface area contributed by atoms with E-state index in [0.29, 0.717) is 11.5 Å². The zero-order chi connectivity index (χ0) is 23.1. The van der Waals surface area contributed by atoms with Gasteiger partial charge in [-0.15, -0.1) is 0 Å². The number of carboxylic acids is 1. The molecule has 3 aromatic rings. The maximum atomic E-state index is 11.0. The predicted octanol–water partition coefficient (Wildman–Crippen LogP) is 5.36. The number of non-ortho nitro benzene ring substituents is 1. The molecule has 0 aliphatic rings. The molecule has 0 aliphatic carbocycles. The van der Waals surface area contributed by atoms with Crippen molar-refractivity contribution in [2.75, 3.05) is 7.11 Å². The molecule has 0 amide bonds. The molecule has 3 rings (SSSR count). The Morgan fingerprint density at radius 3 is 2.25 bits per heavy atom. The first-order chi connectivity index (χ1) is 15.4. The van der Waals surface area contributed by atoms with Crippen LogP contribution in [0, 0.1) is 10.1 Å². The number of carboxylic acid groups (broad SMARTS) is 1. The van der Waals surface area contributed by atoms with Gasteiger partial charge in [0.1, 0.15) is 0 Å². The molecule has 0 heterocycles. The van der Waals surface area contributed by atoms with Crippen LogP contribution >= 0.6 is 11.8 Å². The van der Waals surface area contributed by atoms with Crippen molar-refractivity contribution in [3.05, 3.63) is 82.4 Å². The molecule has 3 aromatic carbocycles. The van der Waals surface area contributed by atoms with Gasteiger partial charge in [-0.05, 0) is 67.1 Å². The van der Waals surface area contributed by atoms with Gasteiger partial charge in [0.05, 0.1) is 17.7 Å². The molecule has 0 saturated carbocycles. The van der Waals surface area contributed by atoms with Gasteiger partial charge in [0, 0.05) is 28.1 Å². The fraction of sp³-hybridized carbons (Fsp3) is 0.130. The molecule has 0 bridgehead atoms. The highest BCUT2D eigenvalue weighted by Gasteiger charge is 2.15. The third-order valence-electron chi connectivity index (χ3n) is 4.32. The third kappa shape index (κ3) is 6.08. The van der Waals surface area contributed by atoms with Crippen molar-refractivity contribution >= 4 is 35.3 Å². The van der Waals surface area contributed by atoms with Crippen molar-refractivity contribution < 1.29 is 24.3 Å². The first-order valence-corrected chi connectivity index (χ1v) is 10.3. The second-order valence-electron chi connectivity index (χ2n) is 6.61. The molecule has 8 nitrogen and oxygen atoms in total. The molecular formula is C23H20N2O6S. The number of ether oxygens (including phenoxy) is 2. The lowest BCUT2D eigenvalue weighted by Gasteiger charge is -2.14. The van der Waals surface area contributed by atoms with E-state index in [-0.39, 0.29) is 5.69 Å². The summed E-state index contributed by atoms with van der Waals surface area (Å²) in [6, 6.07) is 19.1. The normalized spacial score (nSPS) is 11.8. The monoisotopic (exact) mass is 452 g/mol. The van der Waals surface area contributed by atoms with Crippen LogP contribution < -0.4 is 9.47 Å². The van der Waals surface area contributed by atoms with Crippen LogP contribution in [-0.4, -0.2) is 35.4 Å². The minimum atomic E-state index is -1.06. The molecule has 0 unspecified atom stereocenters. The average Bonchev–Trinajstić information content (AvgIpc) is 2.79. The topological polar surface area (TPSA) is 111 Å². The van der Waals surface area contributed by atoms with E-state index in [4.69, 9.17) is 14.6 Å². The lowest BCUT2D eigenvalue weighted by Crippen LogP contribution is -2.23. The Morgan fingerprint density at radius 1 is 1.06 bits per heavy atom. The molecule has 0 fully saturated rings. The van der Waals surface area contributed by atoms with Crippen LogP contribution in [0.15, 0.2) is 81.5 Å². The molecule has 0 radical (unpaired) electrons. The smallest absolute Gasteiger partial charge is 0.344 e. The van der Waals surface area contributed by atoms with Gasteiger partial charge in [0.15, 0.2) is 17.6 Å². The summed E-state index contributed by atoms with van der Waals surface area (Å²) >= 11 is 1.50. The molecule has 0 spiro atoms. The largest absolute Gasteiger partial charge is 0.493 e. The zero-order valence-corrected chi connectivity index (χ0v) is 18.1. The van der Waals surface area contributed by atoms with Gasteiger partial charge in [-0.1, -0.05) is 11.8 Å². The van der Waals surface area contributed by atoms with Crippen LogP contribution in [0.25, 0.3) is 0 Å². The number of carbonyl (C=O) groups is 1. The molecule has 1 N–H and O–H groups in total. The molecule has 1 atom stereocenters. The Morgan fingerprint density at radius 2 is 1.69 bits per heavy atom. The molecular weight excluding hydrogens is 432 g/mol. The maximum absolute atomic E-state index is 11.0. The highest BCUT2D eigenvalue weighted by molar-refractivity contribution is 7.99. The molecule has 0 aliphatic heterocycles. The third-order valence-corrected chi connectivity index (χ3v) is 5.34. The van der Waals surface area contributed by atoms with Crippen LogP contribution in [-0.2, 0) is 4.79 Å². The maximum Gasteiger partial charge on any atom is 0.344 e. The summed E-state index contributed by atoms with van der Waals surface area (Å²) in [5, 5.41) is 19.7. The summed E-state index contributed by atoms with van der Waals surface area (Å²) in [4.78, 5) is 27.6. The number of nitro benzene ring substituents is 1. The van der Waals surface area contributed by atoms with Gasteiger partial charge in [0.2, 0.25) is 0 Å². The Labute approximate surface area is 188 Å². The second kappa shape index (κ2) is 10.5. The van der Waals surface area contributed by atoms with Crippen LogP contribution in [0.5, 0.6) is 11.5 Å². The summed E-state index contributed by atoms with van der Waals surface area (Å²) in [5.41, 5.74) is 1.57. The summed E-state index contributed by atoms with van der Waals surface area (Å²) in [7, 11) is 1.48. The van der Waals surface area contributed by atoms with Crippen LogP contribution in [0.3, 0.4) is 0 Å². The molecule has 0 saturated heterocycles. The SMILES string of the molecule is COc1cc(C=Nc2ccc(Sc3ccc([N+](=O)[O-])cc3)cc2)ccc1O[C@@H](C)C(=O)O. The summed E-state index contributed by atoms with van der Waals surface area (Å²) in [6.07, 6.45) is 0.677. The van der Waals surface area contributed by atoms with E-state index in [2.05, 4.69) is 4.99 Å². The van der Waals surface area contributed by atoms with E-state index in [9.17, 15) is 14.9 Å². The number of nitro groups is 1. The summed E-state index contributed by atoms with van der Waals surface area (Å²) < 4.78 is 10.7. The number of methoxy groups -OCH3 is 1. The molecule has 9 heteroatoms. The fourth-order valence-electron chi connectivity index (χ4n) is 2.62. The molecule has 164 valence electrons. The number of rotatable bonds is 9. The first kappa shape index (κ1) is 22.8. The predicted molar refractivity (Wildman–Crippen MR) is 122 cm³/mol. The van der Waals surface area contributed by atoms with E-state index in [1.165, 1.54) is 37.9 Å². The molecule has 32 heavy (non-hydrogen) atoms. The standard InChI is InChI=1S/C23H20N2O6S/c1-15(23(26)27)31-21-12-3-16(13-22(21)30-2)14-24-17-4-8-19(9-5-17)32-20-10-6-18(7-11-20)25(28)29/h3-15H,1-2H3,(H,26,27)/t15-/m0/s1. The Bertz CT molecular complexity index is 1130.